The van der Waals surface area contributed by atoms with Crippen molar-refractivity contribution in [3.8, 4) is 0 Å². The fourth-order valence-electron chi connectivity index (χ4n) is 3.52. The molecule has 0 aromatic carbocycles. The Labute approximate surface area is 149 Å². The molecule has 1 atom stereocenters. The normalized spacial score (nSPS) is 23.6. The molecular formula is C18H29N5O2. The van der Waals surface area contributed by atoms with Gasteiger partial charge in [0.25, 0.3) is 5.91 Å². The molecule has 0 saturated carbocycles. The average molecular weight is 347 g/mol. The summed E-state index contributed by atoms with van der Waals surface area (Å²) in [6.45, 7) is 11.5. The number of carbonyl (C=O) groups excluding carboxylic acids is 1. The van der Waals surface area contributed by atoms with Gasteiger partial charge in [-0.2, -0.15) is 0 Å². The highest BCUT2D eigenvalue weighted by molar-refractivity contribution is 5.91. The minimum Gasteiger partial charge on any atom is -0.379 e. The second-order valence-corrected chi connectivity index (χ2v) is 7.75. The van der Waals surface area contributed by atoms with Crippen LogP contribution >= 0.6 is 0 Å². The predicted molar refractivity (Wildman–Crippen MR) is 96.9 cm³/mol. The molecule has 1 aromatic rings. The molecule has 0 radical (unpaired) electrons. The molecule has 3 rings (SSSR count). The molecule has 2 saturated heterocycles. The Morgan fingerprint density at radius 2 is 2.04 bits per heavy atom. The number of carbonyl (C=O) groups is 1. The maximum atomic E-state index is 13.2. The van der Waals surface area contributed by atoms with Crippen molar-refractivity contribution in [2.45, 2.75) is 52.1 Å². The number of aromatic nitrogens is 2. The lowest BCUT2D eigenvalue weighted by molar-refractivity contribution is 0.0355. The number of aryl methyl sites for hydroxylation is 1. The van der Waals surface area contributed by atoms with Gasteiger partial charge in [-0.3, -0.25) is 4.79 Å². The van der Waals surface area contributed by atoms with Crippen LogP contribution in [0.25, 0.3) is 0 Å². The number of amides is 1. The average Bonchev–Trinajstić information content (AvgIpc) is 2.90. The summed E-state index contributed by atoms with van der Waals surface area (Å²) in [4.78, 5) is 26.3. The van der Waals surface area contributed by atoms with E-state index in [1.165, 1.54) is 0 Å². The zero-order valence-electron chi connectivity index (χ0n) is 15.7. The van der Waals surface area contributed by atoms with Gasteiger partial charge >= 0.3 is 0 Å². The molecule has 1 aromatic heterocycles. The van der Waals surface area contributed by atoms with Gasteiger partial charge < -0.3 is 20.3 Å². The van der Waals surface area contributed by atoms with Gasteiger partial charge in [0.2, 0.25) is 5.82 Å². The van der Waals surface area contributed by atoms with E-state index in [4.69, 9.17) is 10.5 Å². The van der Waals surface area contributed by atoms with Crippen LogP contribution in [0.5, 0.6) is 0 Å². The van der Waals surface area contributed by atoms with Crippen LogP contribution in [0.15, 0.2) is 0 Å². The number of hydrogen-bond acceptors (Lipinski definition) is 6. The van der Waals surface area contributed by atoms with Crippen molar-refractivity contribution >= 4 is 11.7 Å². The maximum absolute atomic E-state index is 13.2. The van der Waals surface area contributed by atoms with E-state index in [0.29, 0.717) is 19.8 Å². The fourth-order valence-corrected chi connectivity index (χ4v) is 3.52. The van der Waals surface area contributed by atoms with Gasteiger partial charge in [0.1, 0.15) is 5.82 Å². The Morgan fingerprint density at radius 1 is 1.28 bits per heavy atom. The largest absolute Gasteiger partial charge is 0.379 e. The summed E-state index contributed by atoms with van der Waals surface area (Å²) < 4.78 is 5.63. The van der Waals surface area contributed by atoms with Crippen LogP contribution in [0.3, 0.4) is 0 Å². The van der Waals surface area contributed by atoms with E-state index in [2.05, 4.69) is 14.9 Å². The molecule has 25 heavy (non-hydrogen) atoms. The van der Waals surface area contributed by atoms with Crippen molar-refractivity contribution in [3.63, 3.8) is 0 Å². The maximum Gasteiger partial charge on any atom is 0.292 e. The lowest BCUT2D eigenvalue weighted by atomic mass is 10.0. The topological polar surface area (TPSA) is 84.6 Å². The van der Waals surface area contributed by atoms with Gasteiger partial charge in [-0.05, 0) is 40.5 Å². The van der Waals surface area contributed by atoms with Crippen LogP contribution in [-0.2, 0) is 4.74 Å². The predicted octanol–water partition coefficient (Wildman–Crippen LogP) is 1.27. The minimum absolute atomic E-state index is 0.122. The number of ether oxygens (including phenoxy) is 1. The van der Waals surface area contributed by atoms with Gasteiger partial charge in [0.05, 0.1) is 12.1 Å². The van der Waals surface area contributed by atoms with Gasteiger partial charge in [0.15, 0.2) is 0 Å². The summed E-state index contributed by atoms with van der Waals surface area (Å²) in [5.41, 5.74) is 7.54. The third-order valence-corrected chi connectivity index (χ3v) is 5.18. The molecule has 7 heteroatoms. The van der Waals surface area contributed by atoms with Crippen molar-refractivity contribution in [2.24, 2.45) is 5.73 Å². The number of rotatable bonds is 2. The molecule has 7 nitrogen and oxygen atoms in total. The monoisotopic (exact) mass is 347 g/mol. The molecule has 2 aliphatic heterocycles. The third-order valence-electron chi connectivity index (χ3n) is 5.18. The van der Waals surface area contributed by atoms with E-state index in [-0.39, 0.29) is 23.3 Å². The number of nitrogens with two attached hydrogens (primary N) is 1. The first-order chi connectivity index (χ1) is 11.8. The zero-order chi connectivity index (χ0) is 18.2. The lowest BCUT2D eigenvalue weighted by Crippen LogP contribution is -2.50. The van der Waals surface area contributed by atoms with Gasteiger partial charge in [-0.25, -0.2) is 9.97 Å². The standard InChI is InChI=1S/C18H29N5O2/c1-12-13(2)20-15(21-16(12)22-8-6-14(19)10-22)17(24)23-7-5-9-25-11-18(23,3)4/h14H,5-11,19H2,1-4H3/t14-/m1/s1. The molecule has 0 bridgehead atoms. The summed E-state index contributed by atoms with van der Waals surface area (Å²) in [7, 11) is 0. The molecule has 0 aliphatic carbocycles. The summed E-state index contributed by atoms with van der Waals surface area (Å²) in [5.74, 6) is 0.990. The molecule has 138 valence electrons. The van der Waals surface area contributed by atoms with Crippen LogP contribution in [0.2, 0.25) is 0 Å². The second kappa shape index (κ2) is 6.88. The van der Waals surface area contributed by atoms with Crippen molar-refractivity contribution in [1.29, 1.82) is 0 Å². The third kappa shape index (κ3) is 3.62. The van der Waals surface area contributed by atoms with Gasteiger partial charge in [-0.15, -0.1) is 0 Å². The summed E-state index contributed by atoms with van der Waals surface area (Å²) in [5, 5.41) is 0. The lowest BCUT2D eigenvalue weighted by Gasteiger charge is -2.36. The van der Waals surface area contributed by atoms with Crippen molar-refractivity contribution < 1.29 is 9.53 Å². The number of nitrogens with zero attached hydrogens (tertiary/aromatic N) is 4. The van der Waals surface area contributed by atoms with Crippen LogP contribution in [0.4, 0.5) is 5.82 Å². The van der Waals surface area contributed by atoms with Crippen LogP contribution in [0, 0.1) is 13.8 Å². The SMILES string of the molecule is Cc1nc(C(=O)N2CCCOCC2(C)C)nc(N2CC[C@@H](N)C2)c1C. The quantitative estimate of drug-likeness (QED) is 0.867. The van der Waals surface area contributed by atoms with Crippen molar-refractivity contribution in [1.82, 2.24) is 14.9 Å². The Bertz CT molecular complexity index is 661. The molecular weight excluding hydrogens is 318 g/mol. The van der Waals surface area contributed by atoms with Crippen molar-refractivity contribution in [2.75, 3.05) is 37.7 Å². The Balaban J connectivity index is 1.93. The molecule has 0 spiro atoms. The van der Waals surface area contributed by atoms with E-state index >= 15 is 0 Å². The van der Waals surface area contributed by atoms with E-state index in [9.17, 15) is 4.79 Å². The Morgan fingerprint density at radius 3 is 2.72 bits per heavy atom. The highest BCUT2D eigenvalue weighted by atomic mass is 16.5. The van der Waals surface area contributed by atoms with E-state index in [1.54, 1.807) is 0 Å². The molecule has 3 heterocycles. The Hall–Kier alpha value is -1.73. The number of hydrogen-bond donors (Lipinski definition) is 1. The highest BCUT2D eigenvalue weighted by Gasteiger charge is 2.35. The highest BCUT2D eigenvalue weighted by Crippen LogP contribution is 2.26. The van der Waals surface area contributed by atoms with Crippen LogP contribution < -0.4 is 10.6 Å². The minimum atomic E-state index is -0.369. The summed E-state index contributed by atoms with van der Waals surface area (Å²) >= 11 is 0. The summed E-state index contributed by atoms with van der Waals surface area (Å²) in [6.07, 6.45) is 1.77. The van der Waals surface area contributed by atoms with Gasteiger partial charge in [-0.1, -0.05) is 0 Å². The summed E-state index contributed by atoms with van der Waals surface area (Å²) in [6, 6.07) is 0.163. The molecule has 0 unspecified atom stereocenters. The first-order valence-corrected chi connectivity index (χ1v) is 9.05. The van der Waals surface area contributed by atoms with Gasteiger partial charge in [0, 0.05) is 43.5 Å². The first-order valence-electron chi connectivity index (χ1n) is 9.05. The second-order valence-electron chi connectivity index (χ2n) is 7.75. The Kier molecular flexibility index (Phi) is 4.97. The van der Waals surface area contributed by atoms with Crippen molar-refractivity contribution in [3.05, 3.63) is 17.1 Å². The number of anilines is 1. The van der Waals surface area contributed by atoms with E-state index in [0.717, 1.165) is 43.0 Å². The molecule has 2 fully saturated rings. The van der Waals surface area contributed by atoms with E-state index < -0.39 is 0 Å². The zero-order valence-corrected chi connectivity index (χ0v) is 15.7. The molecule has 2 N–H and O–H groups in total. The molecule has 1 amide bonds. The van der Waals surface area contributed by atoms with Crippen LogP contribution in [-0.4, -0.2) is 65.2 Å². The fraction of sp³-hybridized carbons (Fsp3) is 0.722. The van der Waals surface area contributed by atoms with E-state index in [1.807, 2.05) is 32.6 Å². The smallest absolute Gasteiger partial charge is 0.292 e. The first kappa shape index (κ1) is 18.1. The molecule has 2 aliphatic rings. The van der Waals surface area contributed by atoms with Crippen LogP contribution in [0.1, 0.15) is 48.6 Å².